The fraction of sp³-hybridized carbons (Fsp3) is 0.571. The van der Waals surface area contributed by atoms with Crippen LogP contribution in [0.4, 0.5) is 5.69 Å². The van der Waals surface area contributed by atoms with Crippen LogP contribution in [0.3, 0.4) is 0 Å². The van der Waals surface area contributed by atoms with E-state index < -0.39 is 4.92 Å². The summed E-state index contributed by atoms with van der Waals surface area (Å²) >= 11 is 3.26. The third kappa shape index (κ3) is 2.67. The fourth-order valence-electron chi connectivity index (χ4n) is 2.56. The van der Waals surface area contributed by atoms with Crippen LogP contribution in [0.5, 0.6) is 5.75 Å². The van der Waals surface area contributed by atoms with E-state index in [0.29, 0.717) is 16.3 Å². The predicted octanol–water partition coefficient (Wildman–Crippen LogP) is 3.51. The molecule has 0 heterocycles. The van der Waals surface area contributed by atoms with Gasteiger partial charge in [0, 0.05) is 23.9 Å². The molecule has 1 aromatic carbocycles. The van der Waals surface area contributed by atoms with Gasteiger partial charge >= 0.3 is 0 Å². The second kappa shape index (κ2) is 5.69. The SMILES string of the molecule is CCNC1CC(Oc2cccc([N+](=O)[O-])c2Br)C1(C)C. The number of rotatable bonds is 5. The summed E-state index contributed by atoms with van der Waals surface area (Å²) in [5, 5.41) is 14.4. The highest BCUT2D eigenvalue weighted by molar-refractivity contribution is 9.10. The Bertz CT molecular complexity index is 519. The Kier molecular flexibility index (Phi) is 4.34. The zero-order valence-corrected chi connectivity index (χ0v) is 13.4. The molecule has 2 unspecified atom stereocenters. The van der Waals surface area contributed by atoms with Crippen molar-refractivity contribution in [1.29, 1.82) is 0 Å². The first-order valence-corrected chi connectivity index (χ1v) is 7.50. The first-order valence-electron chi connectivity index (χ1n) is 6.70. The van der Waals surface area contributed by atoms with Crippen molar-refractivity contribution in [1.82, 2.24) is 5.32 Å². The number of ether oxygens (including phenoxy) is 1. The Morgan fingerprint density at radius 2 is 2.25 bits per heavy atom. The van der Waals surface area contributed by atoms with Gasteiger partial charge in [-0.05, 0) is 28.5 Å². The highest BCUT2D eigenvalue weighted by Gasteiger charge is 2.49. The average Bonchev–Trinajstić information content (AvgIpc) is 2.39. The first-order chi connectivity index (χ1) is 9.37. The zero-order chi connectivity index (χ0) is 14.9. The lowest BCUT2D eigenvalue weighted by atomic mass is 9.64. The molecule has 0 aliphatic heterocycles. The number of nitro benzene ring substituents is 1. The predicted molar refractivity (Wildman–Crippen MR) is 81.1 cm³/mol. The second-order valence-electron chi connectivity index (χ2n) is 5.62. The van der Waals surface area contributed by atoms with Crippen LogP contribution in [-0.2, 0) is 0 Å². The number of benzene rings is 1. The maximum atomic E-state index is 10.9. The number of hydrogen-bond acceptors (Lipinski definition) is 4. The van der Waals surface area contributed by atoms with Gasteiger partial charge in [0.25, 0.3) is 5.69 Å². The van der Waals surface area contributed by atoms with Gasteiger partial charge < -0.3 is 10.1 Å². The molecule has 0 saturated heterocycles. The third-order valence-corrected chi connectivity index (χ3v) is 4.83. The van der Waals surface area contributed by atoms with E-state index in [0.717, 1.165) is 13.0 Å². The molecule has 6 heteroatoms. The van der Waals surface area contributed by atoms with Gasteiger partial charge in [-0.3, -0.25) is 10.1 Å². The topological polar surface area (TPSA) is 64.4 Å². The molecular weight excluding hydrogens is 324 g/mol. The van der Waals surface area contributed by atoms with Crippen LogP contribution >= 0.6 is 15.9 Å². The molecule has 1 aliphatic carbocycles. The summed E-state index contributed by atoms with van der Waals surface area (Å²) in [7, 11) is 0. The third-order valence-electron chi connectivity index (χ3n) is 4.04. The summed E-state index contributed by atoms with van der Waals surface area (Å²) in [6.07, 6.45) is 0.973. The summed E-state index contributed by atoms with van der Waals surface area (Å²) < 4.78 is 6.38. The molecule has 110 valence electrons. The Morgan fingerprint density at radius 3 is 2.80 bits per heavy atom. The van der Waals surface area contributed by atoms with Gasteiger partial charge in [-0.15, -0.1) is 0 Å². The van der Waals surface area contributed by atoms with Gasteiger partial charge in [-0.2, -0.15) is 0 Å². The van der Waals surface area contributed by atoms with Gasteiger partial charge in [0.05, 0.1) is 4.92 Å². The van der Waals surface area contributed by atoms with Gasteiger partial charge in [-0.1, -0.05) is 26.8 Å². The molecule has 20 heavy (non-hydrogen) atoms. The van der Waals surface area contributed by atoms with E-state index in [2.05, 4.69) is 42.0 Å². The minimum atomic E-state index is -0.412. The molecule has 2 atom stereocenters. The largest absolute Gasteiger partial charge is 0.488 e. The van der Waals surface area contributed by atoms with Crippen LogP contribution in [0.25, 0.3) is 0 Å². The number of halogens is 1. The van der Waals surface area contributed by atoms with E-state index in [4.69, 9.17) is 4.74 Å². The molecule has 5 nitrogen and oxygen atoms in total. The van der Waals surface area contributed by atoms with E-state index >= 15 is 0 Å². The number of nitrogens with one attached hydrogen (secondary N) is 1. The lowest BCUT2D eigenvalue weighted by Gasteiger charge is -2.51. The Labute approximate surface area is 127 Å². The monoisotopic (exact) mass is 342 g/mol. The quantitative estimate of drug-likeness (QED) is 0.656. The van der Waals surface area contributed by atoms with E-state index in [1.165, 1.54) is 6.07 Å². The molecule has 0 aromatic heterocycles. The average molecular weight is 343 g/mol. The van der Waals surface area contributed by atoms with Gasteiger partial charge in [-0.25, -0.2) is 0 Å². The van der Waals surface area contributed by atoms with Crippen molar-refractivity contribution in [2.75, 3.05) is 6.54 Å². The summed E-state index contributed by atoms with van der Waals surface area (Å²) in [5.41, 5.74) is 0.0444. The Hall–Kier alpha value is -1.14. The van der Waals surface area contributed by atoms with Crippen LogP contribution < -0.4 is 10.1 Å². The van der Waals surface area contributed by atoms with Crippen molar-refractivity contribution in [3.05, 3.63) is 32.8 Å². The number of nitrogens with zero attached hydrogens (tertiary/aromatic N) is 1. The molecular formula is C14H19BrN2O3. The number of nitro groups is 1. The fourth-order valence-corrected chi connectivity index (χ4v) is 3.07. The zero-order valence-electron chi connectivity index (χ0n) is 11.9. The molecule has 0 radical (unpaired) electrons. The van der Waals surface area contributed by atoms with E-state index in [-0.39, 0.29) is 17.2 Å². The van der Waals surface area contributed by atoms with Crippen LogP contribution in [0.2, 0.25) is 0 Å². The maximum absolute atomic E-state index is 10.9. The van der Waals surface area contributed by atoms with Gasteiger partial charge in [0.1, 0.15) is 16.3 Å². The maximum Gasteiger partial charge on any atom is 0.287 e. The minimum absolute atomic E-state index is 0.0140. The standard InChI is InChI=1S/C14H19BrN2O3/c1-4-16-11-8-12(14(11,2)3)20-10-7-5-6-9(13(10)15)17(18)19/h5-7,11-12,16H,4,8H2,1-3H3. The normalized spacial score (nSPS) is 24.0. The van der Waals surface area contributed by atoms with Crippen molar-refractivity contribution < 1.29 is 9.66 Å². The van der Waals surface area contributed by atoms with Gasteiger partial charge in [0.15, 0.2) is 0 Å². The van der Waals surface area contributed by atoms with Crippen LogP contribution in [-0.4, -0.2) is 23.6 Å². The molecule has 1 saturated carbocycles. The highest BCUT2D eigenvalue weighted by Crippen LogP contribution is 2.45. The molecule has 0 spiro atoms. The molecule has 2 rings (SSSR count). The summed E-state index contributed by atoms with van der Waals surface area (Å²) in [5.74, 6) is 0.534. The highest BCUT2D eigenvalue weighted by atomic mass is 79.9. The molecule has 0 amide bonds. The van der Waals surface area contributed by atoms with Crippen LogP contribution in [0.1, 0.15) is 27.2 Å². The lowest BCUT2D eigenvalue weighted by molar-refractivity contribution is -0.385. The summed E-state index contributed by atoms with van der Waals surface area (Å²) in [6.45, 7) is 7.32. The van der Waals surface area contributed by atoms with Gasteiger partial charge in [0.2, 0.25) is 0 Å². The van der Waals surface area contributed by atoms with Crippen LogP contribution in [0, 0.1) is 15.5 Å². The Balaban J connectivity index is 2.13. The molecule has 1 fully saturated rings. The minimum Gasteiger partial charge on any atom is -0.488 e. The van der Waals surface area contributed by atoms with Crippen molar-refractivity contribution in [2.24, 2.45) is 5.41 Å². The van der Waals surface area contributed by atoms with E-state index in [1.54, 1.807) is 12.1 Å². The van der Waals surface area contributed by atoms with Crippen LogP contribution in [0.15, 0.2) is 22.7 Å². The molecule has 0 bridgehead atoms. The first kappa shape index (κ1) is 15.3. The second-order valence-corrected chi connectivity index (χ2v) is 6.41. The van der Waals surface area contributed by atoms with E-state index in [1.807, 2.05) is 0 Å². The van der Waals surface area contributed by atoms with Crippen molar-refractivity contribution in [2.45, 2.75) is 39.3 Å². The lowest BCUT2D eigenvalue weighted by Crippen LogP contribution is -2.62. The summed E-state index contributed by atoms with van der Waals surface area (Å²) in [4.78, 5) is 10.5. The van der Waals surface area contributed by atoms with Crippen molar-refractivity contribution in [3.8, 4) is 5.75 Å². The van der Waals surface area contributed by atoms with E-state index in [9.17, 15) is 10.1 Å². The molecule has 1 aliphatic rings. The molecule has 1 aromatic rings. The smallest absolute Gasteiger partial charge is 0.287 e. The molecule has 1 N–H and O–H groups in total. The number of hydrogen-bond donors (Lipinski definition) is 1. The van der Waals surface area contributed by atoms with Crippen molar-refractivity contribution >= 4 is 21.6 Å². The van der Waals surface area contributed by atoms with Crippen molar-refractivity contribution in [3.63, 3.8) is 0 Å². The summed E-state index contributed by atoms with van der Waals surface area (Å²) in [6, 6.07) is 5.29. The Morgan fingerprint density at radius 1 is 1.55 bits per heavy atom.